The summed E-state index contributed by atoms with van der Waals surface area (Å²) in [6.45, 7) is 4.77. The molecular formula is C7H14O2. The molecule has 0 aromatic rings. The van der Waals surface area contributed by atoms with Crippen LogP contribution in [0.1, 0.15) is 26.7 Å². The van der Waals surface area contributed by atoms with Gasteiger partial charge >= 0.3 is 0 Å². The van der Waals surface area contributed by atoms with Crippen LogP contribution in [0.4, 0.5) is 0 Å². The SMILES string of the molecule is CC[C@H](O)[C@]1(CC)CO1. The Kier molecular flexibility index (Phi) is 1.78. The van der Waals surface area contributed by atoms with Crippen LogP contribution in [0, 0.1) is 0 Å². The number of aliphatic hydroxyl groups is 1. The van der Waals surface area contributed by atoms with Gasteiger partial charge in [-0.05, 0) is 12.8 Å². The number of rotatable bonds is 3. The fraction of sp³-hybridized carbons (Fsp3) is 1.00. The predicted octanol–water partition coefficient (Wildman–Crippen LogP) is 0.936. The van der Waals surface area contributed by atoms with E-state index in [9.17, 15) is 5.11 Å². The van der Waals surface area contributed by atoms with Crippen molar-refractivity contribution < 1.29 is 9.84 Å². The van der Waals surface area contributed by atoms with Crippen LogP contribution in [0.2, 0.25) is 0 Å². The summed E-state index contributed by atoms with van der Waals surface area (Å²) >= 11 is 0. The quantitative estimate of drug-likeness (QED) is 0.576. The monoisotopic (exact) mass is 130 g/mol. The molecule has 1 heterocycles. The van der Waals surface area contributed by atoms with Gasteiger partial charge in [0.25, 0.3) is 0 Å². The van der Waals surface area contributed by atoms with Gasteiger partial charge in [0.1, 0.15) is 5.60 Å². The van der Waals surface area contributed by atoms with Gasteiger partial charge in [-0.25, -0.2) is 0 Å². The molecule has 0 spiro atoms. The van der Waals surface area contributed by atoms with Gasteiger partial charge in [0.2, 0.25) is 0 Å². The largest absolute Gasteiger partial charge is 0.390 e. The number of hydrogen-bond acceptors (Lipinski definition) is 2. The van der Waals surface area contributed by atoms with E-state index in [4.69, 9.17) is 4.74 Å². The lowest BCUT2D eigenvalue weighted by Gasteiger charge is -2.14. The maximum atomic E-state index is 9.32. The molecule has 1 saturated heterocycles. The first-order chi connectivity index (χ1) is 4.25. The molecule has 1 N–H and O–H groups in total. The molecule has 0 unspecified atom stereocenters. The molecule has 2 nitrogen and oxygen atoms in total. The van der Waals surface area contributed by atoms with Crippen LogP contribution in [0.25, 0.3) is 0 Å². The van der Waals surface area contributed by atoms with E-state index < -0.39 is 0 Å². The molecule has 2 atom stereocenters. The van der Waals surface area contributed by atoms with Gasteiger partial charge in [0.05, 0.1) is 12.7 Å². The molecule has 0 bridgehead atoms. The average molecular weight is 130 g/mol. The molecule has 9 heavy (non-hydrogen) atoms. The molecule has 0 aromatic carbocycles. The second-order valence-corrected chi connectivity index (χ2v) is 2.63. The smallest absolute Gasteiger partial charge is 0.117 e. The third kappa shape index (κ3) is 1.10. The molecule has 1 aliphatic heterocycles. The maximum Gasteiger partial charge on any atom is 0.117 e. The van der Waals surface area contributed by atoms with Crippen molar-refractivity contribution in [3.05, 3.63) is 0 Å². The van der Waals surface area contributed by atoms with Crippen LogP contribution in [0.5, 0.6) is 0 Å². The Morgan fingerprint density at radius 2 is 2.22 bits per heavy atom. The fourth-order valence-corrected chi connectivity index (χ4v) is 1.10. The van der Waals surface area contributed by atoms with Crippen molar-refractivity contribution in [3.8, 4) is 0 Å². The first kappa shape index (κ1) is 7.03. The van der Waals surface area contributed by atoms with E-state index in [-0.39, 0.29) is 11.7 Å². The highest BCUT2D eigenvalue weighted by Gasteiger charge is 2.48. The van der Waals surface area contributed by atoms with Crippen LogP contribution in [-0.4, -0.2) is 23.4 Å². The van der Waals surface area contributed by atoms with Crippen molar-refractivity contribution in [2.75, 3.05) is 6.61 Å². The molecule has 0 amide bonds. The zero-order chi connectivity index (χ0) is 6.91. The predicted molar refractivity (Wildman–Crippen MR) is 35.3 cm³/mol. The summed E-state index contributed by atoms with van der Waals surface area (Å²) in [5.74, 6) is 0. The second kappa shape index (κ2) is 2.27. The standard InChI is InChI=1S/C7H14O2/c1-3-6(8)7(4-2)5-9-7/h6,8H,3-5H2,1-2H3/t6-,7-/m0/s1. The Labute approximate surface area is 55.8 Å². The fourth-order valence-electron chi connectivity index (χ4n) is 1.10. The molecule has 1 fully saturated rings. The van der Waals surface area contributed by atoms with Crippen molar-refractivity contribution in [2.24, 2.45) is 0 Å². The minimum atomic E-state index is -0.248. The Balaban J connectivity index is 2.39. The number of epoxide rings is 1. The number of hydrogen-bond donors (Lipinski definition) is 1. The Bertz CT molecular complexity index is 97.1. The van der Waals surface area contributed by atoms with Crippen LogP contribution in [-0.2, 0) is 4.74 Å². The van der Waals surface area contributed by atoms with Gasteiger partial charge in [-0.3, -0.25) is 0 Å². The summed E-state index contributed by atoms with van der Waals surface area (Å²) < 4.78 is 5.15. The second-order valence-electron chi connectivity index (χ2n) is 2.63. The Morgan fingerprint density at radius 1 is 1.67 bits per heavy atom. The van der Waals surface area contributed by atoms with Gasteiger partial charge in [-0.2, -0.15) is 0 Å². The van der Waals surface area contributed by atoms with Crippen LogP contribution in [0.3, 0.4) is 0 Å². The van der Waals surface area contributed by atoms with E-state index in [1.165, 1.54) is 0 Å². The van der Waals surface area contributed by atoms with E-state index in [1.807, 2.05) is 13.8 Å². The van der Waals surface area contributed by atoms with Crippen molar-refractivity contribution in [3.63, 3.8) is 0 Å². The molecule has 2 heteroatoms. The van der Waals surface area contributed by atoms with Crippen molar-refractivity contribution in [2.45, 2.75) is 38.4 Å². The molecule has 0 aliphatic carbocycles. The molecule has 1 aliphatic rings. The number of aliphatic hydroxyl groups excluding tert-OH is 1. The van der Waals surface area contributed by atoms with Gasteiger partial charge in [0, 0.05) is 0 Å². The lowest BCUT2D eigenvalue weighted by molar-refractivity contribution is 0.0692. The van der Waals surface area contributed by atoms with Crippen LogP contribution >= 0.6 is 0 Å². The van der Waals surface area contributed by atoms with Crippen molar-refractivity contribution >= 4 is 0 Å². The highest BCUT2D eigenvalue weighted by Crippen LogP contribution is 2.35. The summed E-state index contributed by atoms with van der Waals surface area (Å²) in [7, 11) is 0. The Morgan fingerprint density at radius 3 is 2.33 bits per heavy atom. The minimum Gasteiger partial charge on any atom is -0.390 e. The summed E-state index contributed by atoms with van der Waals surface area (Å²) in [5.41, 5.74) is -0.144. The molecule has 54 valence electrons. The molecule has 0 aromatic heterocycles. The van der Waals surface area contributed by atoms with Crippen molar-refractivity contribution in [1.82, 2.24) is 0 Å². The summed E-state index contributed by atoms with van der Waals surface area (Å²) in [6, 6.07) is 0. The molecule has 0 saturated carbocycles. The van der Waals surface area contributed by atoms with E-state index >= 15 is 0 Å². The first-order valence-electron chi connectivity index (χ1n) is 3.57. The molecule has 1 rings (SSSR count). The summed E-state index contributed by atoms with van der Waals surface area (Å²) in [6.07, 6.45) is 1.48. The molecular weight excluding hydrogens is 116 g/mol. The van der Waals surface area contributed by atoms with E-state index in [1.54, 1.807) is 0 Å². The topological polar surface area (TPSA) is 32.8 Å². The summed E-state index contributed by atoms with van der Waals surface area (Å²) in [5, 5.41) is 9.32. The normalized spacial score (nSPS) is 36.3. The van der Waals surface area contributed by atoms with E-state index in [2.05, 4.69) is 0 Å². The average Bonchev–Trinajstić information content (AvgIpc) is 2.66. The lowest BCUT2D eigenvalue weighted by Crippen LogP contribution is -2.27. The highest BCUT2D eigenvalue weighted by atomic mass is 16.6. The van der Waals surface area contributed by atoms with Gasteiger partial charge in [0.15, 0.2) is 0 Å². The highest BCUT2D eigenvalue weighted by molar-refractivity contribution is 4.96. The molecule has 0 radical (unpaired) electrons. The van der Waals surface area contributed by atoms with E-state index in [0.717, 1.165) is 19.4 Å². The zero-order valence-electron chi connectivity index (χ0n) is 6.05. The third-order valence-corrected chi connectivity index (χ3v) is 2.11. The van der Waals surface area contributed by atoms with E-state index in [0.29, 0.717) is 0 Å². The lowest BCUT2D eigenvalue weighted by atomic mass is 9.99. The number of ether oxygens (including phenoxy) is 1. The Hall–Kier alpha value is -0.0800. The minimum absolute atomic E-state index is 0.144. The van der Waals surface area contributed by atoms with Crippen LogP contribution < -0.4 is 0 Å². The van der Waals surface area contributed by atoms with Gasteiger partial charge < -0.3 is 9.84 Å². The third-order valence-electron chi connectivity index (χ3n) is 2.11. The van der Waals surface area contributed by atoms with Gasteiger partial charge in [-0.15, -0.1) is 0 Å². The maximum absolute atomic E-state index is 9.32. The van der Waals surface area contributed by atoms with Crippen molar-refractivity contribution in [1.29, 1.82) is 0 Å². The first-order valence-corrected chi connectivity index (χ1v) is 3.57. The summed E-state index contributed by atoms with van der Waals surface area (Å²) in [4.78, 5) is 0. The van der Waals surface area contributed by atoms with Gasteiger partial charge in [-0.1, -0.05) is 13.8 Å². The zero-order valence-corrected chi connectivity index (χ0v) is 6.05. The van der Waals surface area contributed by atoms with Crippen LogP contribution in [0.15, 0.2) is 0 Å².